The van der Waals surface area contributed by atoms with Crippen molar-refractivity contribution in [1.29, 1.82) is 0 Å². The molecule has 0 saturated carbocycles. The predicted octanol–water partition coefficient (Wildman–Crippen LogP) is 3.70. The summed E-state index contributed by atoms with van der Waals surface area (Å²) in [7, 11) is 0. The van der Waals surface area contributed by atoms with Gasteiger partial charge < -0.3 is 4.42 Å². The van der Waals surface area contributed by atoms with Crippen molar-refractivity contribution < 1.29 is 8.81 Å². The highest BCUT2D eigenvalue weighted by Gasteiger charge is 2.34. The van der Waals surface area contributed by atoms with Crippen LogP contribution in [-0.4, -0.2) is 22.0 Å². The van der Waals surface area contributed by atoms with Crippen LogP contribution in [-0.2, 0) is 0 Å². The SMILES string of the molecule is CCC1SCCSC1C(NN)c1cc2cccc(F)c2o1. The van der Waals surface area contributed by atoms with Gasteiger partial charge in [0.2, 0.25) is 0 Å². The van der Waals surface area contributed by atoms with E-state index >= 15 is 0 Å². The number of hydrazine groups is 1. The molecule has 2 aromatic rings. The molecule has 2 heterocycles. The maximum Gasteiger partial charge on any atom is 0.169 e. The minimum atomic E-state index is -0.327. The number of para-hydroxylation sites is 1. The average Bonchev–Trinajstić information content (AvgIpc) is 2.94. The standard InChI is InChI=1S/C15H19FN2OS2/c1-2-12-15(21-7-6-20-12)13(18-17)11-8-9-4-3-5-10(16)14(9)19-11/h3-5,8,12-13,15,18H,2,6-7,17H2,1H3. The van der Waals surface area contributed by atoms with Gasteiger partial charge in [0.25, 0.3) is 0 Å². The molecule has 114 valence electrons. The number of rotatable bonds is 4. The molecule has 1 saturated heterocycles. The van der Waals surface area contributed by atoms with E-state index in [2.05, 4.69) is 12.3 Å². The normalized spacial score (nSPS) is 24.3. The molecule has 1 aliphatic heterocycles. The molecular formula is C15H19FN2OS2. The Hall–Kier alpha value is -0.690. The quantitative estimate of drug-likeness (QED) is 0.663. The first-order chi connectivity index (χ1) is 10.2. The van der Waals surface area contributed by atoms with Crippen molar-refractivity contribution >= 4 is 34.5 Å². The van der Waals surface area contributed by atoms with Gasteiger partial charge in [0.15, 0.2) is 11.4 Å². The number of hydrogen-bond acceptors (Lipinski definition) is 5. The number of hydrogen-bond donors (Lipinski definition) is 2. The first kappa shape index (κ1) is 15.2. The topological polar surface area (TPSA) is 51.2 Å². The second-order valence-electron chi connectivity index (χ2n) is 5.10. The zero-order chi connectivity index (χ0) is 14.8. The summed E-state index contributed by atoms with van der Waals surface area (Å²) in [5.74, 6) is 8.46. The summed E-state index contributed by atoms with van der Waals surface area (Å²) in [5.41, 5.74) is 3.20. The summed E-state index contributed by atoms with van der Waals surface area (Å²) in [5, 5.41) is 1.65. The number of nitrogens with two attached hydrogens (primary N) is 1. The molecule has 3 N–H and O–H groups in total. The fourth-order valence-corrected chi connectivity index (χ4v) is 6.00. The van der Waals surface area contributed by atoms with Crippen LogP contribution in [0.1, 0.15) is 25.1 Å². The summed E-state index contributed by atoms with van der Waals surface area (Å²) in [6, 6.07) is 6.77. The van der Waals surface area contributed by atoms with Gasteiger partial charge in [0.05, 0.1) is 6.04 Å². The lowest BCUT2D eigenvalue weighted by Gasteiger charge is -2.34. The number of benzene rings is 1. The molecule has 1 fully saturated rings. The van der Waals surface area contributed by atoms with Crippen molar-refractivity contribution in [3.8, 4) is 0 Å². The fraction of sp³-hybridized carbons (Fsp3) is 0.467. The lowest BCUT2D eigenvalue weighted by molar-refractivity contribution is 0.413. The number of halogens is 1. The Kier molecular flexibility index (Phi) is 4.78. The molecule has 0 radical (unpaired) electrons. The number of fused-ring (bicyclic) bond motifs is 1. The van der Waals surface area contributed by atoms with Crippen molar-refractivity contribution in [3.05, 3.63) is 35.8 Å². The van der Waals surface area contributed by atoms with Gasteiger partial charge in [0.1, 0.15) is 5.76 Å². The van der Waals surface area contributed by atoms with Crippen LogP contribution in [0.3, 0.4) is 0 Å². The molecule has 21 heavy (non-hydrogen) atoms. The molecule has 0 aliphatic carbocycles. The van der Waals surface area contributed by atoms with Gasteiger partial charge in [-0.3, -0.25) is 5.84 Å². The van der Waals surface area contributed by atoms with E-state index in [-0.39, 0.29) is 11.9 Å². The molecule has 3 unspecified atom stereocenters. The molecule has 0 amide bonds. The first-order valence-electron chi connectivity index (χ1n) is 7.12. The van der Waals surface area contributed by atoms with E-state index in [4.69, 9.17) is 10.3 Å². The van der Waals surface area contributed by atoms with E-state index in [1.54, 1.807) is 6.07 Å². The summed E-state index contributed by atoms with van der Waals surface area (Å²) < 4.78 is 19.6. The molecule has 3 atom stereocenters. The van der Waals surface area contributed by atoms with Crippen LogP contribution >= 0.6 is 23.5 Å². The lowest BCUT2D eigenvalue weighted by Crippen LogP contribution is -2.41. The maximum atomic E-state index is 13.8. The van der Waals surface area contributed by atoms with Crippen LogP contribution in [0.15, 0.2) is 28.7 Å². The van der Waals surface area contributed by atoms with Gasteiger partial charge in [-0.2, -0.15) is 23.5 Å². The van der Waals surface area contributed by atoms with Gasteiger partial charge in [-0.1, -0.05) is 19.1 Å². The Morgan fingerprint density at radius 3 is 2.95 bits per heavy atom. The third-order valence-electron chi connectivity index (χ3n) is 3.82. The van der Waals surface area contributed by atoms with E-state index in [1.165, 1.54) is 11.8 Å². The largest absolute Gasteiger partial charge is 0.456 e. The number of thioether (sulfide) groups is 2. The van der Waals surface area contributed by atoms with Crippen LogP contribution in [0.5, 0.6) is 0 Å². The second kappa shape index (κ2) is 6.60. The molecule has 1 aliphatic rings. The van der Waals surface area contributed by atoms with Crippen LogP contribution in [0.25, 0.3) is 11.0 Å². The molecule has 1 aromatic carbocycles. The van der Waals surface area contributed by atoms with Crippen LogP contribution < -0.4 is 11.3 Å². The zero-order valence-electron chi connectivity index (χ0n) is 11.8. The monoisotopic (exact) mass is 326 g/mol. The second-order valence-corrected chi connectivity index (χ2v) is 7.74. The molecule has 6 heteroatoms. The Labute approximate surface area is 132 Å². The maximum absolute atomic E-state index is 13.8. The van der Waals surface area contributed by atoms with Gasteiger partial charge in [-0.15, -0.1) is 0 Å². The van der Waals surface area contributed by atoms with Crippen molar-refractivity contribution in [2.75, 3.05) is 11.5 Å². The van der Waals surface area contributed by atoms with Gasteiger partial charge in [-0.25, -0.2) is 9.82 Å². The van der Waals surface area contributed by atoms with Gasteiger partial charge in [-0.05, 0) is 18.6 Å². The lowest BCUT2D eigenvalue weighted by atomic mass is 10.1. The first-order valence-corrected chi connectivity index (χ1v) is 9.21. The van der Waals surface area contributed by atoms with E-state index in [0.717, 1.165) is 23.3 Å². The Morgan fingerprint density at radius 2 is 2.24 bits per heavy atom. The van der Waals surface area contributed by atoms with E-state index in [9.17, 15) is 4.39 Å². The molecule has 1 aromatic heterocycles. The molecular weight excluding hydrogens is 307 g/mol. The summed E-state index contributed by atoms with van der Waals surface area (Å²) in [6.45, 7) is 2.20. The third kappa shape index (κ3) is 2.95. The highest BCUT2D eigenvalue weighted by molar-refractivity contribution is 8.07. The van der Waals surface area contributed by atoms with Gasteiger partial charge >= 0.3 is 0 Å². The summed E-state index contributed by atoms with van der Waals surface area (Å²) >= 11 is 3.91. The van der Waals surface area contributed by atoms with E-state index < -0.39 is 0 Å². The van der Waals surface area contributed by atoms with Crippen LogP contribution in [0.4, 0.5) is 4.39 Å². The minimum Gasteiger partial charge on any atom is -0.456 e. The van der Waals surface area contributed by atoms with Crippen molar-refractivity contribution in [3.63, 3.8) is 0 Å². The third-order valence-corrected chi connectivity index (χ3v) is 7.17. The highest BCUT2D eigenvalue weighted by atomic mass is 32.2. The van der Waals surface area contributed by atoms with E-state index in [0.29, 0.717) is 16.1 Å². The number of nitrogens with one attached hydrogen (secondary N) is 1. The van der Waals surface area contributed by atoms with Crippen molar-refractivity contribution in [2.45, 2.75) is 29.9 Å². The van der Waals surface area contributed by atoms with Crippen molar-refractivity contribution in [2.24, 2.45) is 5.84 Å². The van der Waals surface area contributed by atoms with E-state index in [1.807, 2.05) is 35.7 Å². The molecule has 0 spiro atoms. The smallest absolute Gasteiger partial charge is 0.169 e. The minimum absolute atomic E-state index is 0.0976. The van der Waals surface area contributed by atoms with Gasteiger partial charge in [0, 0.05) is 27.4 Å². The molecule has 3 rings (SSSR count). The fourth-order valence-electron chi connectivity index (χ4n) is 2.79. The van der Waals surface area contributed by atoms with Crippen LogP contribution in [0, 0.1) is 5.82 Å². The summed E-state index contributed by atoms with van der Waals surface area (Å²) in [6.07, 6.45) is 1.09. The molecule has 0 bridgehead atoms. The Morgan fingerprint density at radius 1 is 1.43 bits per heavy atom. The Bertz CT molecular complexity index is 619. The van der Waals surface area contributed by atoms with Crippen LogP contribution in [0.2, 0.25) is 0 Å². The average molecular weight is 326 g/mol. The van der Waals surface area contributed by atoms with Crippen molar-refractivity contribution in [1.82, 2.24) is 5.43 Å². The number of furan rings is 1. The molecule has 3 nitrogen and oxygen atoms in total. The Balaban J connectivity index is 1.95. The predicted molar refractivity (Wildman–Crippen MR) is 89.0 cm³/mol. The summed E-state index contributed by atoms with van der Waals surface area (Å²) in [4.78, 5) is 0. The zero-order valence-corrected chi connectivity index (χ0v) is 13.5. The highest BCUT2D eigenvalue weighted by Crippen LogP contribution is 2.41.